The van der Waals surface area contributed by atoms with Gasteiger partial charge >= 0.3 is 0 Å². The topological polar surface area (TPSA) is 80.9 Å². The molecule has 4 rings (SSSR count). The largest absolute Gasteiger partial charge is 0.393 e. The molecule has 4 N–H and O–H groups in total. The second kappa shape index (κ2) is 8.36. The van der Waals surface area contributed by atoms with Gasteiger partial charge in [-0.2, -0.15) is 0 Å². The van der Waals surface area contributed by atoms with Crippen molar-refractivity contribution in [1.29, 1.82) is 0 Å². The lowest BCUT2D eigenvalue weighted by Gasteiger charge is -2.67. The number of aliphatic hydroxyl groups excluding tert-OH is 3. The van der Waals surface area contributed by atoms with E-state index in [1.807, 2.05) is 6.92 Å². The Morgan fingerprint density at radius 3 is 2.34 bits per heavy atom. The monoisotopic (exact) mass is 448 g/mol. The van der Waals surface area contributed by atoms with Gasteiger partial charge in [0.2, 0.25) is 0 Å². The predicted octanol–water partition coefficient (Wildman–Crippen LogP) is 4.69. The Balaban J connectivity index is 1.62. The lowest BCUT2D eigenvalue weighted by Crippen LogP contribution is -2.65. The van der Waals surface area contributed by atoms with E-state index >= 15 is 0 Å². The van der Waals surface area contributed by atoms with Crippen molar-refractivity contribution in [2.75, 3.05) is 0 Å². The molecule has 4 nitrogen and oxygen atoms in total. The number of rotatable bonds is 4. The second-order valence-electron chi connectivity index (χ2n) is 13.2. The summed E-state index contributed by atoms with van der Waals surface area (Å²) >= 11 is 0. The van der Waals surface area contributed by atoms with Crippen molar-refractivity contribution in [2.24, 2.45) is 46.3 Å². The van der Waals surface area contributed by atoms with Crippen LogP contribution in [0.1, 0.15) is 92.9 Å². The van der Waals surface area contributed by atoms with Crippen LogP contribution in [0.4, 0.5) is 0 Å². The fourth-order valence-corrected chi connectivity index (χ4v) is 9.64. The van der Waals surface area contributed by atoms with E-state index in [1.165, 1.54) is 5.57 Å². The third-order valence-electron chi connectivity index (χ3n) is 11.1. The molecule has 0 amide bonds. The highest BCUT2D eigenvalue weighted by Gasteiger charge is 2.67. The molecule has 0 aromatic heterocycles. The van der Waals surface area contributed by atoms with Gasteiger partial charge in [-0.1, -0.05) is 32.4 Å². The van der Waals surface area contributed by atoms with Gasteiger partial charge in [0.25, 0.3) is 0 Å². The molecule has 0 spiro atoms. The number of hydrogen-bond donors (Lipinski definition) is 4. The Kier molecular flexibility index (Phi) is 6.45. The summed E-state index contributed by atoms with van der Waals surface area (Å²) in [4.78, 5) is 0. The number of aliphatic hydroxyl groups is 4. The third-order valence-corrected chi connectivity index (χ3v) is 11.1. The van der Waals surface area contributed by atoms with Gasteiger partial charge in [-0.05, 0) is 118 Å². The first-order valence-corrected chi connectivity index (χ1v) is 13.2. The van der Waals surface area contributed by atoms with Crippen LogP contribution in [-0.2, 0) is 0 Å². The summed E-state index contributed by atoms with van der Waals surface area (Å²) in [7, 11) is 0. The summed E-state index contributed by atoms with van der Waals surface area (Å²) in [5.74, 6) is 1.10. The van der Waals surface area contributed by atoms with Crippen LogP contribution in [0, 0.1) is 46.3 Å². The summed E-state index contributed by atoms with van der Waals surface area (Å²) in [6.45, 7) is 13.0. The molecule has 0 aromatic rings. The molecule has 4 aliphatic rings. The Hall–Kier alpha value is -0.420. The lowest BCUT2D eigenvalue weighted by atomic mass is 9.39. The van der Waals surface area contributed by atoms with E-state index < -0.39 is 17.8 Å². The van der Waals surface area contributed by atoms with Crippen molar-refractivity contribution in [3.63, 3.8) is 0 Å². The average molecular weight is 449 g/mol. The van der Waals surface area contributed by atoms with Crippen molar-refractivity contribution in [1.82, 2.24) is 0 Å². The zero-order chi connectivity index (χ0) is 23.6. The molecular formula is C28H48O4. The molecule has 184 valence electrons. The van der Waals surface area contributed by atoms with E-state index in [-0.39, 0.29) is 40.6 Å². The summed E-state index contributed by atoms with van der Waals surface area (Å²) in [6, 6.07) is 0. The first kappa shape index (κ1) is 24.7. The van der Waals surface area contributed by atoms with Gasteiger partial charge in [0, 0.05) is 0 Å². The zero-order valence-corrected chi connectivity index (χ0v) is 21.2. The van der Waals surface area contributed by atoms with Crippen molar-refractivity contribution in [3.8, 4) is 0 Å². The molecule has 4 heteroatoms. The van der Waals surface area contributed by atoms with Gasteiger partial charge in [-0.3, -0.25) is 0 Å². The maximum absolute atomic E-state index is 11.5. The average Bonchev–Trinajstić information content (AvgIpc) is 3.15. The van der Waals surface area contributed by atoms with Gasteiger partial charge in [-0.25, -0.2) is 0 Å². The molecule has 4 fully saturated rings. The van der Waals surface area contributed by atoms with Crippen LogP contribution in [0.2, 0.25) is 0 Å². The quantitative estimate of drug-likeness (QED) is 0.470. The molecule has 12 unspecified atom stereocenters. The Bertz CT molecular complexity index is 727. The van der Waals surface area contributed by atoms with Crippen LogP contribution in [-0.4, -0.2) is 44.3 Å². The van der Waals surface area contributed by atoms with Gasteiger partial charge in [0.05, 0.1) is 23.9 Å². The fourth-order valence-electron chi connectivity index (χ4n) is 9.64. The van der Waals surface area contributed by atoms with Crippen LogP contribution in [0.5, 0.6) is 0 Å². The molecule has 12 atom stereocenters. The fraction of sp³-hybridized carbons (Fsp3) is 0.929. The minimum absolute atomic E-state index is 0.0265. The highest BCUT2D eigenvalue weighted by Crippen LogP contribution is 2.70. The molecule has 0 aromatic carbocycles. The van der Waals surface area contributed by atoms with E-state index in [4.69, 9.17) is 0 Å². The minimum Gasteiger partial charge on any atom is -0.393 e. The predicted molar refractivity (Wildman–Crippen MR) is 128 cm³/mol. The van der Waals surface area contributed by atoms with Crippen molar-refractivity contribution >= 4 is 0 Å². The Morgan fingerprint density at radius 2 is 1.69 bits per heavy atom. The van der Waals surface area contributed by atoms with Crippen molar-refractivity contribution < 1.29 is 20.4 Å². The normalized spacial score (nSPS) is 52.4. The zero-order valence-electron chi connectivity index (χ0n) is 21.2. The maximum Gasteiger partial charge on any atom is 0.0654 e. The van der Waals surface area contributed by atoms with Gasteiger partial charge in [-0.15, -0.1) is 0 Å². The van der Waals surface area contributed by atoms with E-state index in [1.54, 1.807) is 0 Å². The SMILES string of the molecule is CC(C)=CCCC(C)(O)C1CCC2C1C(O)CC1C2(C)CC(O)C2C(C)C(O)CCC21C. The third kappa shape index (κ3) is 3.72. The van der Waals surface area contributed by atoms with Crippen LogP contribution in [0.15, 0.2) is 11.6 Å². The molecule has 0 heterocycles. The Labute approximate surface area is 195 Å². The van der Waals surface area contributed by atoms with E-state index in [0.29, 0.717) is 11.8 Å². The van der Waals surface area contributed by atoms with Crippen molar-refractivity contribution in [3.05, 3.63) is 11.6 Å². The minimum atomic E-state index is -0.779. The molecule has 0 radical (unpaired) electrons. The second-order valence-corrected chi connectivity index (χ2v) is 13.2. The number of allylic oxidation sites excluding steroid dienone is 2. The molecule has 0 saturated heterocycles. The first-order chi connectivity index (χ1) is 14.8. The lowest BCUT2D eigenvalue weighted by molar-refractivity contribution is -0.234. The molecule has 4 aliphatic carbocycles. The first-order valence-electron chi connectivity index (χ1n) is 13.2. The number of fused-ring (bicyclic) bond motifs is 5. The van der Waals surface area contributed by atoms with Crippen LogP contribution < -0.4 is 0 Å². The van der Waals surface area contributed by atoms with Crippen molar-refractivity contribution in [2.45, 2.75) is 117 Å². The van der Waals surface area contributed by atoms with Gasteiger partial charge in [0.15, 0.2) is 0 Å². The summed E-state index contributed by atoms with van der Waals surface area (Å²) < 4.78 is 0. The summed E-state index contributed by atoms with van der Waals surface area (Å²) in [5, 5.41) is 45.0. The van der Waals surface area contributed by atoms with E-state index in [2.05, 4.69) is 40.7 Å². The number of hydrogen-bond acceptors (Lipinski definition) is 4. The standard InChI is InChI=1S/C28H48O4/c1-16(2)8-7-12-28(6,32)19-10-9-18-24(19)21(30)14-23-26(4)13-11-20(29)17(3)25(26)22(31)15-27(18,23)5/h8,17-25,29-32H,7,9-15H2,1-6H3. The van der Waals surface area contributed by atoms with Crippen LogP contribution in [0.3, 0.4) is 0 Å². The maximum atomic E-state index is 11.5. The van der Waals surface area contributed by atoms with Crippen LogP contribution in [0.25, 0.3) is 0 Å². The van der Waals surface area contributed by atoms with E-state index in [0.717, 1.165) is 51.4 Å². The van der Waals surface area contributed by atoms with Gasteiger partial charge < -0.3 is 20.4 Å². The molecular weight excluding hydrogens is 400 g/mol. The van der Waals surface area contributed by atoms with Gasteiger partial charge in [0.1, 0.15) is 0 Å². The molecule has 4 saturated carbocycles. The highest BCUT2D eigenvalue weighted by molar-refractivity contribution is 5.16. The smallest absolute Gasteiger partial charge is 0.0654 e. The molecule has 0 bridgehead atoms. The molecule has 0 aliphatic heterocycles. The van der Waals surface area contributed by atoms with E-state index in [9.17, 15) is 20.4 Å². The highest BCUT2D eigenvalue weighted by atomic mass is 16.3. The summed E-state index contributed by atoms with van der Waals surface area (Å²) in [6.07, 6.45) is 7.91. The van der Waals surface area contributed by atoms with Crippen LogP contribution >= 0.6 is 0 Å². The summed E-state index contributed by atoms with van der Waals surface area (Å²) in [5.41, 5.74) is 0.421. The molecule has 32 heavy (non-hydrogen) atoms. The Morgan fingerprint density at radius 1 is 1.00 bits per heavy atom.